The molecule has 0 fully saturated rings. The Kier molecular flexibility index (Phi) is 2.97. The zero-order valence-corrected chi connectivity index (χ0v) is 12.5. The van der Waals surface area contributed by atoms with E-state index >= 15 is 0 Å². The van der Waals surface area contributed by atoms with E-state index in [4.69, 9.17) is 0 Å². The molecule has 0 radical (unpaired) electrons. The summed E-state index contributed by atoms with van der Waals surface area (Å²) in [7, 11) is 0. The van der Waals surface area contributed by atoms with Gasteiger partial charge < -0.3 is 0 Å². The lowest BCUT2D eigenvalue weighted by molar-refractivity contribution is 0.939. The Bertz CT molecular complexity index is 774. The fourth-order valence-corrected chi connectivity index (χ4v) is 3.31. The lowest BCUT2D eigenvalue weighted by atomic mass is 10.0. The van der Waals surface area contributed by atoms with E-state index in [1.165, 1.54) is 27.6 Å². The Balaban J connectivity index is 2.52. The monoisotopic (exact) mass is 271 g/mol. The lowest BCUT2D eigenvalue weighted by Crippen LogP contribution is -1.96. The number of hydrogen-bond donors (Lipinski definition) is 0. The number of rotatable bonds is 2. The fraction of sp³-hybridized carbons (Fsp3) is 0.333. The molecule has 0 atom stereocenters. The van der Waals surface area contributed by atoms with Crippen LogP contribution in [0.1, 0.15) is 23.6 Å². The van der Waals surface area contributed by atoms with Crippen LogP contribution in [0.25, 0.3) is 16.6 Å². The molecule has 0 aliphatic rings. The zero-order valence-electron chi connectivity index (χ0n) is 11.7. The third-order valence-corrected chi connectivity index (χ3v) is 4.18. The van der Waals surface area contributed by atoms with E-state index in [1.54, 1.807) is 11.8 Å². The maximum absolute atomic E-state index is 4.32. The summed E-state index contributed by atoms with van der Waals surface area (Å²) in [6.07, 6.45) is 0. The molecule has 0 aliphatic heterocycles. The Hall–Kier alpha value is -1.55. The van der Waals surface area contributed by atoms with Crippen LogP contribution in [0.5, 0.6) is 0 Å². The summed E-state index contributed by atoms with van der Waals surface area (Å²) in [5, 5.41) is 10.9. The summed E-state index contributed by atoms with van der Waals surface area (Å²) < 4.78 is 2.19. The largest absolute Gasteiger partial charge is 0.270 e. The predicted molar refractivity (Wildman–Crippen MR) is 81.1 cm³/mol. The molecular formula is C15H17N3S. The first-order chi connectivity index (χ1) is 9.11. The normalized spacial score (nSPS) is 11.6. The molecule has 3 rings (SSSR count). The average molecular weight is 271 g/mol. The maximum Gasteiger partial charge on any atom is 0.196 e. The van der Waals surface area contributed by atoms with E-state index in [0.29, 0.717) is 0 Å². The van der Waals surface area contributed by atoms with Crippen molar-refractivity contribution >= 4 is 28.3 Å². The molecule has 2 heterocycles. The highest BCUT2D eigenvalue weighted by Gasteiger charge is 2.13. The highest BCUT2D eigenvalue weighted by molar-refractivity contribution is 7.99. The van der Waals surface area contributed by atoms with Crippen molar-refractivity contribution in [3.05, 3.63) is 34.9 Å². The minimum atomic E-state index is 0.938. The molecule has 0 amide bonds. The predicted octanol–water partition coefficient (Wildman–Crippen LogP) is 3.92. The smallest absolute Gasteiger partial charge is 0.196 e. The molecule has 1 aromatic carbocycles. The summed E-state index contributed by atoms with van der Waals surface area (Å²) in [5.74, 6) is 1.00. The van der Waals surface area contributed by atoms with Crippen LogP contribution >= 0.6 is 11.8 Å². The van der Waals surface area contributed by atoms with Crippen molar-refractivity contribution in [2.75, 3.05) is 5.75 Å². The molecular weight excluding hydrogens is 254 g/mol. The Labute approximate surface area is 117 Å². The number of aryl methyl sites for hydroxylation is 3. The van der Waals surface area contributed by atoms with E-state index < -0.39 is 0 Å². The second-order valence-electron chi connectivity index (χ2n) is 4.91. The molecule has 0 saturated heterocycles. The number of thioether (sulfide) groups is 1. The average Bonchev–Trinajstić information content (AvgIpc) is 2.73. The molecule has 0 saturated carbocycles. The number of nitrogens with zero attached hydrogens (tertiary/aromatic N) is 3. The van der Waals surface area contributed by atoms with Gasteiger partial charge in [-0.15, -0.1) is 10.2 Å². The molecule has 0 bridgehead atoms. The van der Waals surface area contributed by atoms with Gasteiger partial charge in [0.05, 0.1) is 5.52 Å². The summed E-state index contributed by atoms with van der Waals surface area (Å²) in [6, 6.07) is 6.59. The molecule has 98 valence electrons. The second kappa shape index (κ2) is 4.53. The van der Waals surface area contributed by atoms with Gasteiger partial charge >= 0.3 is 0 Å². The molecule has 2 aromatic heterocycles. The first kappa shape index (κ1) is 12.5. The van der Waals surface area contributed by atoms with E-state index in [0.717, 1.165) is 16.6 Å². The van der Waals surface area contributed by atoms with Crippen molar-refractivity contribution in [1.29, 1.82) is 0 Å². The Morgan fingerprint density at radius 2 is 1.84 bits per heavy atom. The van der Waals surface area contributed by atoms with Crippen molar-refractivity contribution in [2.45, 2.75) is 32.9 Å². The van der Waals surface area contributed by atoms with Gasteiger partial charge in [0.1, 0.15) is 0 Å². The highest BCUT2D eigenvalue weighted by Crippen LogP contribution is 2.28. The highest BCUT2D eigenvalue weighted by atomic mass is 32.2. The number of benzene rings is 1. The van der Waals surface area contributed by atoms with Gasteiger partial charge in [0.15, 0.2) is 10.8 Å². The van der Waals surface area contributed by atoms with E-state index in [2.05, 4.69) is 60.5 Å². The Morgan fingerprint density at radius 1 is 1.05 bits per heavy atom. The molecule has 3 nitrogen and oxygen atoms in total. The third-order valence-electron chi connectivity index (χ3n) is 3.37. The van der Waals surface area contributed by atoms with Crippen LogP contribution in [0.3, 0.4) is 0 Å². The van der Waals surface area contributed by atoms with Gasteiger partial charge in [-0.3, -0.25) is 4.40 Å². The minimum Gasteiger partial charge on any atom is -0.270 e. The molecule has 0 aliphatic carbocycles. The minimum absolute atomic E-state index is 0.938. The van der Waals surface area contributed by atoms with Crippen molar-refractivity contribution in [3.8, 4) is 0 Å². The quantitative estimate of drug-likeness (QED) is 0.662. The van der Waals surface area contributed by atoms with Crippen LogP contribution in [0.4, 0.5) is 0 Å². The van der Waals surface area contributed by atoms with Gasteiger partial charge in [0.25, 0.3) is 0 Å². The lowest BCUT2D eigenvalue weighted by Gasteiger charge is -2.11. The van der Waals surface area contributed by atoms with E-state index in [9.17, 15) is 0 Å². The van der Waals surface area contributed by atoms with E-state index in [-0.39, 0.29) is 0 Å². The van der Waals surface area contributed by atoms with Crippen molar-refractivity contribution in [1.82, 2.24) is 14.6 Å². The first-order valence-electron chi connectivity index (χ1n) is 6.50. The standard InChI is InChI=1S/C15H17N3S/c1-5-19-15-17-16-13-8-10(3)12-7-9(2)6-11(4)14(12)18(13)15/h6-8H,5H2,1-4H3. The topological polar surface area (TPSA) is 30.2 Å². The fourth-order valence-electron chi connectivity index (χ4n) is 2.64. The van der Waals surface area contributed by atoms with Crippen molar-refractivity contribution < 1.29 is 0 Å². The molecule has 0 N–H and O–H groups in total. The van der Waals surface area contributed by atoms with Gasteiger partial charge in [0.2, 0.25) is 0 Å². The van der Waals surface area contributed by atoms with Gasteiger partial charge in [-0.1, -0.05) is 30.3 Å². The van der Waals surface area contributed by atoms with Crippen LogP contribution in [0, 0.1) is 20.8 Å². The molecule has 0 spiro atoms. The van der Waals surface area contributed by atoms with Gasteiger partial charge in [-0.25, -0.2) is 0 Å². The summed E-state index contributed by atoms with van der Waals surface area (Å²) in [6.45, 7) is 8.58. The van der Waals surface area contributed by atoms with Crippen LogP contribution < -0.4 is 0 Å². The number of pyridine rings is 1. The van der Waals surface area contributed by atoms with Crippen LogP contribution in [-0.4, -0.2) is 20.4 Å². The number of fused-ring (bicyclic) bond motifs is 3. The zero-order chi connectivity index (χ0) is 13.6. The SMILES string of the molecule is CCSc1nnc2cc(C)c3cc(C)cc(C)c3n12. The first-order valence-corrected chi connectivity index (χ1v) is 7.49. The van der Waals surface area contributed by atoms with Crippen LogP contribution in [0.15, 0.2) is 23.4 Å². The number of hydrogen-bond acceptors (Lipinski definition) is 3. The van der Waals surface area contributed by atoms with Gasteiger partial charge in [-0.05, 0) is 49.8 Å². The molecule has 4 heteroatoms. The van der Waals surface area contributed by atoms with Crippen LogP contribution in [-0.2, 0) is 0 Å². The number of aromatic nitrogens is 3. The van der Waals surface area contributed by atoms with Crippen molar-refractivity contribution in [3.63, 3.8) is 0 Å². The maximum atomic E-state index is 4.32. The summed E-state index contributed by atoms with van der Waals surface area (Å²) in [4.78, 5) is 0. The third kappa shape index (κ3) is 1.91. The van der Waals surface area contributed by atoms with Crippen molar-refractivity contribution in [2.24, 2.45) is 0 Å². The Morgan fingerprint density at radius 3 is 2.58 bits per heavy atom. The molecule has 19 heavy (non-hydrogen) atoms. The van der Waals surface area contributed by atoms with E-state index in [1.807, 2.05) is 0 Å². The molecule has 0 unspecified atom stereocenters. The summed E-state index contributed by atoms with van der Waals surface area (Å²) in [5.41, 5.74) is 6.01. The van der Waals surface area contributed by atoms with Gasteiger partial charge in [-0.2, -0.15) is 0 Å². The van der Waals surface area contributed by atoms with Crippen LogP contribution in [0.2, 0.25) is 0 Å². The van der Waals surface area contributed by atoms with Gasteiger partial charge in [0, 0.05) is 5.39 Å². The second-order valence-corrected chi connectivity index (χ2v) is 6.15. The molecule has 3 aromatic rings. The summed E-state index contributed by atoms with van der Waals surface area (Å²) >= 11 is 1.73.